The monoisotopic (exact) mass is 1780 g/mol. The number of para-hydroxylation sites is 1. The maximum Gasteiger partial charge on any atom is 0.326 e. The number of H-pyrrole nitrogens is 1. The zero-order chi connectivity index (χ0) is 93.4. The van der Waals surface area contributed by atoms with Gasteiger partial charge in [-0.15, -0.1) is 0 Å². The molecule has 36 N–H and O–H groups in total. The molecule has 0 saturated heterocycles. The number of hydrogen-bond acceptors (Lipinski definition) is 18. The molecule has 0 unspecified atom stereocenters. The summed E-state index contributed by atoms with van der Waals surface area (Å²) in [6.07, 6.45) is 0.358. The van der Waals surface area contributed by atoms with E-state index in [9.17, 15) is 37.5 Å². The molecule has 1 fully saturated rings. The Hall–Kier alpha value is -14.0. The molecule has 1 aliphatic rings. The highest BCUT2D eigenvalue weighted by atomic mass is 19.2. The van der Waals surface area contributed by atoms with E-state index < -0.39 is 228 Å². The second-order valence-corrected chi connectivity index (χ2v) is 30.5. The normalized spacial score (nSPS) is 14.2. The summed E-state index contributed by atoms with van der Waals surface area (Å²) in [6, 6.07) is 3.61. The Morgan fingerprint density at radius 2 is 0.748 bits per heavy atom. The van der Waals surface area contributed by atoms with Crippen LogP contribution < -0.4 is 115 Å². The van der Waals surface area contributed by atoms with Gasteiger partial charge in [0.2, 0.25) is 53.1 Å². The van der Waals surface area contributed by atoms with Crippen molar-refractivity contribution in [1.29, 1.82) is 32.5 Å². The van der Waals surface area contributed by atoms with Crippen molar-refractivity contribution >= 4 is 112 Å². The number of guanidine groups is 6. The summed E-state index contributed by atoms with van der Waals surface area (Å²) in [5, 5.41) is 93.2. The number of nitrogens with one attached hydrogen (secondary N) is 21. The van der Waals surface area contributed by atoms with E-state index in [4.69, 9.17) is 72.6 Å². The Morgan fingerprint density at radius 3 is 1.18 bits per heavy atom. The molecule has 6 rings (SSSR count). The van der Waals surface area contributed by atoms with Crippen LogP contribution in [0.5, 0.6) is 0 Å². The number of carboxylic acid groups (broad SMARTS) is 1. The lowest BCUT2D eigenvalue weighted by atomic mass is 9.84. The zero-order valence-corrected chi connectivity index (χ0v) is 69.9. The third-order valence-electron chi connectivity index (χ3n) is 20.8. The number of hydrogen-bond donors (Lipinski definition) is 29. The highest BCUT2D eigenvalue weighted by Crippen LogP contribution is 2.29. The van der Waals surface area contributed by atoms with Crippen LogP contribution in [0.1, 0.15) is 143 Å². The third kappa shape index (κ3) is 33.9. The number of carbonyl (C=O) groups is 11. The van der Waals surface area contributed by atoms with Crippen molar-refractivity contribution in [3.05, 3.63) is 142 Å². The highest BCUT2D eigenvalue weighted by molar-refractivity contribution is 6.10. The molecule has 0 radical (unpaired) electrons. The fourth-order valence-corrected chi connectivity index (χ4v) is 14.2. The lowest BCUT2D eigenvalue weighted by Crippen LogP contribution is -2.62. The Kier molecular flexibility index (Phi) is 41.7. The molecule has 1 aromatic heterocycles. The highest BCUT2D eigenvalue weighted by Gasteiger charge is 2.43. The summed E-state index contributed by atoms with van der Waals surface area (Å²) in [4.78, 5) is 169. The third-order valence-corrected chi connectivity index (χ3v) is 20.8. The SMILES string of the molecule is N=C(N)NCCC[C@@H](N)C(=O)N[C@H](CCCNC(=N)N)C(=O)N[C@H](CCCNC(=N)N)C(=O)N[C@H](CCCNC(=N)N)C(=O)N(C(=O)c1ccccc1)[C@H](Cc1ccccc1)C(=O)N[C@H](CCCNC(=N)N)C(=O)N[C@H](Cc1c[nH]c2ccccc12)C(=O)N[C@H](CCCNC(=N)N)C(=O)N[C@H](Cc1c(F)c(F)c(F)c(F)c1F)C(=O)N[C@H](CC1CCCCC1)C(=O)O. The van der Waals surface area contributed by atoms with Gasteiger partial charge in [0, 0.05) is 86.8 Å². The van der Waals surface area contributed by atoms with Gasteiger partial charge < -0.3 is 125 Å². The summed E-state index contributed by atoms with van der Waals surface area (Å²) < 4.78 is 75.9. The van der Waals surface area contributed by atoms with Gasteiger partial charge in [-0.25, -0.2) is 26.7 Å². The van der Waals surface area contributed by atoms with Crippen molar-refractivity contribution in [2.75, 3.05) is 39.3 Å². The quantitative estimate of drug-likeness (QED) is 0.00541. The van der Waals surface area contributed by atoms with Crippen LogP contribution in [0, 0.1) is 67.5 Å². The molecule has 0 bridgehead atoms. The predicted octanol–water partition coefficient (Wildman–Crippen LogP) is -1.23. The van der Waals surface area contributed by atoms with Gasteiger partial charge in [-0.3, -0.25) is 85.3 Å². The van der Waals surface area contributed by atoms with Gasteiger partial charge in [0.1, 0.15) is 54.4 Å². The Bertz CT molecular complexity index is 4640. The van der Waals surface area contributed by atoms with Crippen molar-refractivity contribution in [3.8, 4) is 0 Å². The predicted molar refractivity (Wildman–Crippen MR) is 461 cm³/mol. The number of nitrogens with zero attached hydrogens (tertiary/aromatic N) is 1. The summed E-state index contributed by atoms with van der Waals surface area (Å²) in [5.74, 6) is -28.5. The molecular formula is C81H116F5N29O12. The lowest BCUT2D eigenvalue weighted by molar-refractivity contribution is -0.143. The Balaban J connectivity index is 1.47. The van der Waals surface area contributed by atoms with E-state index in [1.54, 1.807) is 60.7 Å². The topological polar surface area (TPSA) is 721 Å². The fourth-order valence-electron chi connectivity index (χ4n) is 14.2. The number of benzene rings is 4. The number of imide groups is 1. The second-order valence-electron chi connectivity index (χ2n) is 30.5. The number of aromatic amines is 1. The van der Waals surface area contributed by atoms with E-state index in [-0.39, 0.29) is 121 Å². The van der Waals surface area contributed by atoms with Crippen LogP contribution >= 0.6 is 0 Å². The van der Waals surface area contributed by atoms with E-state index in [1.165, 1.54) is 30.5 Å². The fraction of sp³-hybridized carbons (Fsp3) is 0.469. The number of rotatable bonds is 52. The van der Waals surface area contributed by atoms with E-state index in [2.05, 4.69) is 79.4 Å². The molecule has 0 aliphatic heterocycles. The van der Waals surface area contributed by atoms with Crippen LogP contribution in [0.25, 0.3) is 10.9 Å². The average molecular weight is 1780 g/mol. The first-order valence-electron chi connectivity index (χ1n) is 41.3. The molecule has 0 spiro atoms. The van der Waals surface area contributed by atoms with Gasteiger partial charge in [0.25, 0.3) is 11.8 Å². The minimum Gasteiger partial charge on any atom is -0.480 e. The second kappa shape index (κ2) is 52.0. The van der Waals surface area contributed by atoms with Gasteiger partial charge in [0.15, 0.2) is 59.0 Å². The average Bonchev–Trinajstić information content (AvgIpc) is 1.18. The van der Waals surface area contributed by atoms with Crippen LogP contribution in [0.4, 0.5) is 22.0 Å². The van der Waals surface area contributed by atoms with E-state index in [0.29, 0.717) is 39.8 Å². The summed E-state index contributed by atoms with van der Waals surface area (Å²) in [5.41, 5.74) is 39.1. The number of fused-ring (bicyclic) bond motifs is 1. The van der Waals surface area contributed by atoms with Crippen molar-refractivity contribution in [3.63, 3.8) is 0 Å². The van der Waals surface area contributed by atoms with Crippen LogP contribution in [0.15, 0.2) is 91.1 Å². The maximum atomic E-state index is 16.3. The molecule has 1 heterocycles. The molecule has 1 aliphatic carbocycles. The molecule has 10 atom stereocenters. The summed E-state index contributed by atoms with van der Waals surface area (Å²) >= 11 is 0. The van der Waals surface area contributed by atoms with Crippen molar-refractivity contribution < 1.29 is 79.8 Å². The number of carbonyl (C=O) groups excluding carboxylic acids is 10. The number of halogens is 5. The number of aliphatic carboxylic acids is 1. The number of carboxylic acids is 1. The summed E-state index contributed by atoms with van der Waals surface area (Å²) in [7, 11) is 0. The molecule has 10 amide bonds. The lowest BCUT2D eigenvalue weighted by Gasteiger charge is -2.34. The van der Waals surface area contributed by atoms with Crippen molar-refractivity contribution in [2.45, 2.75) is 195 Å². The van der Waals surface area contributed by atoms with Crippen LogP contribution in [-0.4, -0.2) is 215 Å². The van der Waals surface area contributed by atoms with Gasteiger partial charge in [-0.2, -0.15) is 0 Å². The van der Waals surface area contributed by atoms with Crippen molar-refractivity contribution in [2.24, 2.45) is 46.1 Å². The van der Waals surface area contributed by atoms with Crippen LogP contribution in [-0.2, 0) is 67.2 Å². The molecule has 4 aromatic carbocycles. The zero-order valence-electron chi connectivity index (χ0n) is 69.9. The Morgan fingerprint density at radius 1 is 0.402 bits per heavy atom. The molecule has 5 aromatic rings. The number of nitrogens with two attached hydrogens (primary N) is 7. The van der Waals surface area contributed by atoms with Crippen LogP contribution in [0.3, 0.4) is 0 Å². The minimum atomic E-state index is -2.56. The molecule has 41 nitrogen and oxygen atoms in total. The van der Waals surface area contributed by atoms with Gasteiger partial charge >= 0.3 is 5.97 Å². The Labute approximate surface area is 728 Å². The molecule has 692 valence electrons. The first kappa shape index (κ1) is 102. The molecule has 127 heavy (non-hydrogen) atoms. The minimum absolute atomic E-state index is 0.0193. The summed E-state index contributed by atoms with van der Waals surface area (Å²) in [6.45, 7) is -0.352. The first-order chi connectivity index (χ1) is 60.4. The van der Waals surface area contributed by atoms with Crippen molar-refractivity contribution in [1.82, 2.24) is 84.3 Å². The van der Waals surface area contributed by atoms with E-state index >= 15 is 42.3 Å². The molecule has 1 saturated carbocycles. The number of aromatic nitrogens is 1. The number of amides is 10. The van der Waals surface area contributed by atoms with Gasteiger partial charge in [-0.1, -0.05) is 98.8 Å². The largest absolute Gasteiger partial charge is 0.480 e. The maximum absolute atomic E-state index is 16.3. The molecule has 46 heteroatoms. The van der Waals surface area contributed by atoms with E-state index in [1.807, 2.05) is 0 Å². The van der Waals surface area contributed by atoms with Crippen LogP contribution in [0.2, 0.25) is 0 Å². The molecular weight excluding hydrogens is 1670 g/mol. The van der Waals surface area contributed by atoms with Gasteiger partial charge in [0.05, 0.1) is 6.04 Å². The first-order valence-corrected chi connectivity index (χ1v) is 41.3. The smallest absolute Gasteiger partial charge is 0.326 e. The standard InChI is InChI=1S/C81H116F5N29O12/c82-60-48(61(83)63(85)64(86)62(60)84)41-57(71(122)114-58(75(126)127)38-43-18-4-1-5-19-43)113-68(119)53(29-15-35-103-79(94)95)109-70(121)56(40-46-42-106-50-26-11-10-24-47(46)50)112-69(120)54(30-16-36-104-80(96)97)110-72(123)59(39-44-20-6-2-7-21-44)115(73(124)45-22-8-3-9-23-45)74(125)55(31-17-37-105-81(98)99)111-67(118)52(28-14-34-102-78(92)93)108-66(117)51(27-13-33-101-77(90)91)107-65(116)49(87)25-12-32-100-76(88)89/h2-3,6-11,20-24,26,42-43,49,51-59,106H,1,4-5,12-19,25,27-41,87H2,(H,107,116)(H,108,117)(H,109,121)(H,110,123)(H,111,118)(H,112,120)(H,113,119)(H,114,122)(H,126,127)(H4,88,89,100)(H4,90,91,101)(H4,92,93,102)(H4,94,95,103)(H4,96,97,104)(H4,98,99,105)/t49-,51-,52-,53-,54-,55-,56-,57-,58-,59-/m1/s1. The van der Waals surface area contributed by atoms with Gasteiger partial charge in [-0.05, 0) is 119 Å². The van der Waals surface area contributed by atoms with E-state index in [0.717, 1.165) is 19.3 Å².